The zero-order valence-electron chi connectivity index (χ0n) is 19.9. The molecule has 3 aromatic rings. The van der Waals surface area contributed by atoms with Gasteiger partial charge in [-0.05, 0) is 69.3 Å². The Balaban J connectivity index is 1.62. The minimum atomic E-state index is -0.510. The van der Waals surface area contributed by atoms with Crippen LogP contribution in [-0.4, -0.2) is 41.4 Å². The first kappa shape index (κ1) is 22.3. The minimum Gasteiger partial charge on any atom is -0.338 e. The van der Waals surface area contributed by atoms with Crippen LogP contribution in [0.15, 0.2) is 36.4 Å². The van der Waals surface area contributed by atoms with Crippen molar-refractivity contribution >= 4 is 34.8 Å². The van der Waals surface area contributed by atoms with Crippen molar-refractivity contribution in [1.82, 2.24) is 14.9 Å². The van der Waals surface area contributed by atoms with Gasteiger partial charge in [-0.3, -0.25) is 4.79 Å². The Morgan fingerprint density at radius 2 is 1.94 bits per heavy atom. The van der Waals surface area contributed by atoms with Gasteiger partial charge in [-0.2, -0.15) is 0 Å². The summed E-state index contributed by atoms with van der Waals surface area (Å²) in [5.41, 5.74) is 5.90. The fourth-order valence-corrected chi connectivity index (χ4v) is 4.51. The Hall–Kier alpha value is -2.92. The largest absolute Gasteiger partial charge is 0.338 e. The second kappa shape index (κ2) is 8.91. The Morgan fingerprint density at radius 1 is 1.12 bits per heavy atom. The normalized spacial score (nSPS) is 15.4. The van der Waals surface area contributed by atoms with Crippen LogP contribution in [0.4, 0.5) is 5.69 Å². The van der Waals surface area contributed by atoms with E-state index in [0.717, 1.165) is 66.0 Å². The van der Waals surface area contributed by atoms with Crippen LogP contribution in [0.2, 0.25) is 0 Å². The highest BCUT2D eigenvalue weighted by atomic mass is 16.2. The van der Waals surface area contributed by atoms with Gasteiger partial charge >= 0.3 is 0 Å². The van der Waals surface area contributed by atoms with Crippen molar-refractivity contribution in [1.29, 1.82) is 0 Å². The summed E-state index contributed by atoms with van der Waals surface area (Å²) < 4.78 is 0. The van der Waals surface area contributed by atoms with Gasteiger partial charge in [0.25, 0.3) is 0 Å². The molecular formula is C27H34N4O. The lowest BCUT2D eigenvalue weighted by Crippen LogP contribution is -2.36. The number of amides is 1. The number of nitrogens with one attached hydrogen (secondary N) is 1. The molecule has 0 atom stereocenters. The molecule has 1 aliphatic rings. The fraction of sp³-hybridized carbons (Fsp3) is 0.407. The number of rotatable bonds is 8. The summed E-state index contributed by atoms with van der Waals surface area (Å²) in [5.74, 6) is 1.01. The van der Waals surface area contributed by atoms with Crippen LogP contribution in [0, 0.1) is 0 Å². The van der Waals surface area contributed by atoms with Gasteiger partial charge in [0.05, 0.1) is 22.1 Å². The summed E-state index contributed by atoms with van der Waals surface area (Å²) in [6.45, 7) is 7.93. The number of H-pyrrole nitrogens is 1. The number of benzene rings is 2. The van der Waals surface area contributed by atoms with Gasteiger partial charge < -0.3 is 14.8 Å². The summed E-state index contributed by atoms with van der Waals surface area (Å²) in [6, 6.07) is 12.7. The average Bonchev–Trinajstić information content (AvgIpc) is 3.22. The van der Waals surface area contributed by atoms with Crippen molar-refractivity contribution in [2.75, 3.05) is 25.5 Å². The highest BCUT2D eigenvalue weighted by Crippen LogP contribution is 2.43. The minimum absolute atomic E-state index is 0.189. The number of fused-ring (bicyclic) bond motifs is 2. The molecule has 0 aliphatic carbocycles. The van der Waals surface area contributed by atoms with Gasteiger partial charge in [-0.25, -0.2) is 4.98 Å². The smallest absolute Gasteiger partial charge is 0.237 e. The number of hydrogen-bond acceptors (Lipinski definition) is 3. The lowest BCUT2D eigenvalue weighted by atomic mass is 9.86. The monoisotopic (exact) mass is 430 g/mol. The molecule has 32 heavy (non-hydrogen) atoms. The Labute approximate surface area is 191 Å². The number of nitrogens with zero attached hydrogens (tertiary/aromatic N) is 3. The van der Waals surface area contributed by atoms with E-state index in [2.05, 4.69) is 73.4 Å². The van der Waals surface area contributed by atoms with Crippen LogP contribution in [0.1, 0.15) is 62.5 Å². The van der Waals surface area contributed by atoms with E-state index in [9.17, 15) is 4.79 Å². The molecule has 1 aliphatic heterocycles. The molecule has 0 unspecified atom stereocenters. The third-order valence-corrected chi connectivity index (χ3v) is 6.23. The van der Waals surface area contributed by atoms with Gasteiger partial charge in [0, 0.05) is 13.1 Å². The first-order valence-electron chi connectivity index (χ1n) is 11.6. The zero-order valence-corrected chi connectivity index (χ0v) is 19.9. The van der Waals surface area contributed by atoms with E-state index in [-0.39, 0.29) is 5.91 Å². The molecule has 0 saturated heterocycles. The summed E-state index contributed by atoms with van der Waals surface area (Å²) >= 11 is 0. The molecule has 5 heteroatoms. The molecule has 1 N–H and O–H groups in total. The van der Waals surface area contributed by atoms with E-state index < -0.39 is 5.41 Å². The molecule has 2 aromatic carbocycles. The van der Waals surface area contributed by atoms with Crippen LogP contribution >= 0.6 is 0 Å². The maximum Gasteiger partial charge on any atom is 0.237 e. The Morgan fingerprint density at radius 3 is 2.69 bits per heavy atom. The van der Waals surface area contributed by atoms with Gasteiger partial charge in [-0.15, -0.1) is 0 Å². The third kappa shape index (κ3) is 4.35. The van der Waals surface area contributed by atoms with E-state index in [4.69, 9.17) is 4.98 Å². The first-order chi connectivity index (χ1) is 15.3. The molecule has 0 saturated carbocycles. The molecule has 0 fully saturated rings. The summed E-state index contributed by atoms with van der Waals surface area (Å²) in [5, 5.41) is 0. The van der Waals surface area contributed by atoms with Crippen LogP contribution in [0.25, 0.3) is 23.2 Å². The lowest BCUT2D eigenvalue weighted by molar-refractivity contribution is -0.122. The van der Waals surface area contributed by atoms with Gasteiger partial charge in [-0.1, -0.05) is 50.1 Å². The highest BCUT2D eigenvalue weighted by molar-refractivity contribution is 6.09. The quantitative estimate of drug-likeness (QED) is 0.473. The molecule has 0 radical (unpaired) electrons. The standard InChI is InChI=1S/C27H34N4O/c1-6-7-8-14-31-24-17-23-22(16-21(24)27(2,3)26(31)32)28-25(29-23)13-12-19-10-9-11-20(15-19)18-30(4)5/h9-13,15-17H,6-8,14,18H2,1-5H3,(H,28,29). The summed E-state index contributed by atoms with van der Waals surface area (Å²) in [4.78, 5) is 25.4. The molecule has 5 nitrogen and oxygen atoms in total. The Kier molecular flexibility index (Phi) is 6.20. The molecule has 0 spiro atoms. The second-order valence-corrected chi connectivity index (χ2v) is 9.61. The second-order valence-electron chi connectivity index (χ2n) is 9.61. The van der Waals surface area contributed by atoms with Crippen molar-refractivity contribution in [3.63, 3.8) is 0 Å². The molecule has 1 aromatic heterocycles. The number of imidazole rings is 1. The predicted octanol–water partition coefficient (Wildman–Crippen LogP) is 5.61. The molecule has 2 heterocycles. The number of aromatic nitrogens is 2. The number of carbonyl (C=O) groups is 1. The maximum atomic E-state index is 13.1. The summed E-state index contributed by atoms with van der Waals surface area (Å²) in [7, 11) is 4.15. The van der Waals surface area contributed by atoms with Crippen molar-refractivity contribution < 1.29 is 4.79 Å². The SMILES string of the molecule is CCCCCN1C(=O)C(C)(C)c2cc3[nH]c(C=Cc4cccc(CN(C)C)c4)nc3cc21. The Bertz CT molecular complexity index is 1160. The zero-order chi connectivity index (χ0) is 22.9. The van der Waals surface area contributed by atoms with Crippen molar-refractivity contribution in [2.45, 2.75) is 52.0 Å². The predicted molar refractivity (Wildman–Crippen MR) is 134 cm³/mol. The number of hydrogen-bond donors (Lipinski definition) is 1. The third-order valence-electron chi connectivity index (χ3n) is 6.23. The number of aromatic amines is 1. The number of carbonyl (C=O) groups excluding carboxylic acids is 1. The number of unbranched alkanes of at least 4 members (excludes halogenated alkanes) is 2. The maximum absolute atomic E-state index is 13.1. The van der Waals surface area contributed by atoms with E-state index in [1.54, 1.807) is 0 Å². The van der Waals surface area contributed by atoms with Crippen molar-refractivity contribution in [2.24, 2.45) is 0 Å². The van der Waals surface area contributed by atoms with Crippen molar-refractivity contribution in [3.8, 4) is 0 Å². The van der Waals surface area contributed by atoms with E-state index >= 15 is 0 Å². The van der Waals surface area contributed by atoms with Crippen LogP contribution in [0.5, 0.6) is 0 Å². The average molecular weight is 431 g/mol. The van der Waals surface area contributed by atoms with Crippen molar-refractivity contribution in [3.05, 3.63) is 58.9 Å². The first-order valence-corrected chi connectivity index (χ1v) is 11.6. The molecular weight excluding hydrogens is 396 g/mol. The number of anilines is 1. The van der Waals surface area contributed by atoms with E-state index in [1.807, 2.05) is 24.8 Å². The summed E-state index contributed by atoms with van der Waals surface area (Å²) in [6.07, 6.45) is 7.42. The van der Waals surface area contributed by atoms with Crippen LogP contribution in [-0.2, 0) is 16.8 Å². The van der Waals surface area contributed by atoms with Crippen LogP contribution in [0.3, 0.4) is 0 Å². The molecule has 1 amide bonds. The van der Waals surface area contributed by atoms with E-state index in [1.165, 1.54) is 5.56 Å². The fourth-order valence-electron chi connectivity index (χ4n) is 4.51. The van der Waals surface area contributed by atoms with Gasteiger partial charge in [0.15, 0.2) is 0 Å². The van der Waals surface area contributed by atoms with Gasteiger partial charge in [0.2, 0.25) is 5.91 Å². The highest BCUT2D eigenvalue weighted by Gasteiger charge is 2.43. The molecule has 0 bridgehead atoms. The van der Waals surface area contributed by atoms with Crippen LogP contribution < -0.4 is 4.90 Å². The lowest BCUT2D eigenvalue weighted by Gasteiger charge is -2.20. The molecule has 168 valence electrons. The van der Waals surface area contributed by atoms with Gasteiger partial charge in [0.1, 0.15) is 5.82 Å². The molecule has 4 rings (SSSR count). The van der Waals surface area contributed by atoms with E-state index in [0.29, 0.717) is 0 Å². The topological polar surface area (TPSA) is 52.2 Å².